The molecule has 3 amide bonds. The number of thioether (sulfide) groups is 1. The molecule has 0 atom stereocenters. The van der Waals surface area contributed by atoms with Crippen molar-refractivity contribution in [2.24, 2.45) is 0 Å². The summed E-state index contributed by atoms with van der Waals surface area (Å²) in [5, 5.41) is 16.9. The van der Waals surface area contributed by atoms with Gasteiger partial charge in [0.1, 0.15) is 0 Å². The summed E-state index contributed by atoms with van der Waals surface area (Å²) < 4.78 is 0.715. The number of carbonyl (C=O) groups excluding carboxylic acids is 2. The Morgan fingerprint density at radius 1 is 1.40 bits per heavy atom. The number of aromatic nitrogens is 2. The van der Waals surface area contributed by atoms with Crippen molar-refractivity contribution in [3.63, 3.8) is 0 Å². The maximum Gasteiger partial charge on any atom is 0.321 e. The second kappa shape index (κ2) is 6.89. The number of carbonyl (C=O) groups is 2. The van der Waals surface area contributed by atoms with Gasteiger partial charge in [-0.15, -0.1) is 10.2 Å². The largest absolute Gasteiger partial charge is 0.357 e. The Bertz CT molecular complexity index is 487. The van der Waals surface area contributed by atoms with Crippen LogP contribution in [0.1, 0.15) is 26.7 Å². The first-order chi connectivity index (χ1) is 9.52. The molecular weight excluding hydrogens is 298 g/mol. The fraction of sp³-hybridized carbons (Fsp3) is 0.636. The van der Waals surface area contributed by atoms with Gasteiger partial charge in [-0.3, -0.25) is 10.1 Å². The van der Waals surface area contributed by atoms with Gasteiger partial charge in [0, 0.05) is 12.1 Å². The van der Waals surface area contributed by atoms with Crippen LogP contribution < -0.4 is 16.0 Å². The lowest BCUT2D eigenvalue weighted by Crippen LogP contribution is -2.43. The minimum Gasteiger partial charge on any atom is -0.357 e. The van der Waals surface area contributed by atoms with Crippen molar-refractivity contribution in [3.05, 3.63) is 0 Å². The number of rotatable bonds is 6. The molecule has 0 bridgehead atoms. The molecule has 1 heterocycles. The van der Waals surface area contributed by atoms with Crippen LogP contribution in [0.2, 0.25) is 0 Å². The van der Waals surface area contributed by atoms with Gasteiger partial charge in [0.15, 0.2) is 4.34 Å². The number of imide groups is 1. The van der Waals surface area contributed by atoms with Gasteiger partial charge in [0.25, 0.3) is 0 Å². The van der Waals surface area contributed by atoms with Gasteiger partial charge in [-0.2, -0.15) is 0 Å². The number of urea groups is 1. The monoisotopic (exact) mass is 315 g/mol. The van der Waals surface area contributed by atoms with Crippen LogP contribution in [0.15, 0.2) is 4.34 Å². The van der Waals surface area contributed by atoms with Gasteiger partial charge in [0.2, 0.25) is 11.0 Å². The molecule has 7 nitrogen and oxygen atoms in total. The van der Waals surface area contributed by atoms with E-state index < -0.39 is 6.03 Å². The minimum atomic E-state index is -0.473. The Morgan fingerprint density at radius 2 is 2.15 bits per heavy atom. The zero-order valence-corrected chi connectivity index (χ0v) is 12.9. The molecule has 0 radical (unpaired) electrons. The highest BCUT2D eigenvalue weighted by Gasteiger charge is 2.22. The summed E-state index contributed by atoms with van der Waals surface area (Å²) in [6.07, 6.45) is 2.35. The van der Waals surface area contributed by atoms with Crippen molar-refractivity contribution >= 4 is 40.2 Å². The van der Waals surface area contributed by atoms with Crippen LogP contribution >= 0.6 is 23.1 Å². The van der Waals surface area contributed by atoms with E-state index in [1.807, 2.05) is 13.8 Å². The molecule has 0 aromatic carbocycles. The van der Waals surface area contributed by atoms with Crippen LogP contribution in [0.5, 0.6) is 0 Å². The van der Waals surface area contributed by atoms with Gasteiger partial charge in [-0.25, -0.2) is 4.79 Å². The Balaban J connectivity index is 1.69. The van der Waals surface area contributed by atoms with Crippen molar-refractivity contribution in [3.8, 4) is 0 Å². The highest BCUT2D eigenvalue weighted by Crippen LogP contribution is 2.29. The summed E-state index contributed by atoms with van der Waals surface area (Å²) in [5.74, 6) is -0.205. The molecule has 2 rings (SSSR count). The van der Waals surface area contributed by atoms with Gasteiger partial charge < -0.3 is 10.6 Å². The molecule has 1 aromatic rings. The fourth-order valence-electron chi connectivity index (χ4n) is 1.32. The molecule has 1 aromatic heterocycles. The fourth-order valence-corrected chi connectivity index (χ4v) is 2.95. The molecule has 1 saturated carbocycles. The lowest BCUT2D eigenvalue weighted by Gasteiger charge is -2.08. The van der Waals surface area contributed by atoms with E-state index in [1.54, 1.807) is 0 Å². The first kappa shape index (κ1) is 15.0. The molecule has 3 N–H and O–H groups in total. The number of hydrogen-bond donors (Lipinski definition) is 3. The van der Waals surface area contributed by atoms with Crippen LogP contribution in [0.3, 0.4) is 0 Å². The standard InChI is InChI=1S/C11H17N5O2S2/c1-6(2)12-9(18)14-8(17)5-19-11-16-15-10(20-11)13-7-3-4-7/h6-7H,3-5H2,1-2H3,(H,13,15)(H2,12,14,17,18). The number of nitrogens with zero attached hydrogens (tertiary/aromatic N) is 2. The number of nitrogens with one attached hydrogen (secondary N) is 3. The molecule has 0 unspecified atom stereocenters. The second-order valence-electron chi connectivity index (χ2n) is 4.76. The van der Waals surface area contributed by atoms with Gasteiger partial charge in [0.05, 0.1) is 5.75 Å². The normalized spacial score (nSPS) is 14.2. The summed E-state index contributed by atoms with van der Waals surface area (Å²) in [7, 11) is 0. The zero-order chi connectivity index (χ0) is 14.5. The van der Waals surface area contributed by atoms with E-state index in [0.717, 1.165) is 5.13 Å². The van der Waals surface area contributed by atoms with E-state index in [4.69, 9.17) is 0 Å². The predicted molar refractivity (Wildman–Crippen MR) is 79.1 cm³/mol. The van der Waals surface area contributed by atoms with Crippen molar-refractivity contribution in [1.82, 2.24) is 20.8 Å². The van der Waals surface area contributed by atoms with E-state index in [1.165, 1.54) is 35.9 Å². The maximum absolute atomic E-state index is 11.6. The van der Waals surface area contributed by atoms with Crippen LogP contribution in [0, 0.1) is 0 Å². The molecule has 0 aliphatic heterocycles. The molecule has 110 valence electrons. The average molecular weight is 315 g/mol. The third-order valence-corrected chi connectivity index (χ3v) is 4.30. The zero-order valence-electron chi connectivity index (χ0n) is 11.3. The third kappa shape index (κ3) is 5.33. The van der Waals surface area contributed by atoms with Crippen LogP contribution in [-0.2, 0) is 4.79 Å². The Morgan fingerprint density at radius 3 is 2.80 bits per heavy atom. The lowest BCUT2D eigenvalue weighted by molar-refractivity contribution is -0.117. The van der Waals surface area contributed by atoms with Gasteiger partial charge in [-0.05, 0) is 26.7 Å². The Labute approximate surface area is 125 Å². The van der Waals surface area contributed by atoms with E-state index in [9.17, 15) is 9.59 Å². The minimum absolute atomic E-state index is 0.00493. The first-order valence-corrected chi connectivity index (χ1v) is 8.16. The molecule has 20 heavy (non-hydrogen) atoms. The summed E-state index contributed by atoms with van der Waals surface area (Å²) in [4.78, 5) is 22.9. The van der Waals surface area contributed by atoms with Crippen molar-refractivity contribution in [2.45, 2.75) is 43.1 Å². The molecule has 1 fully saturated rings. The highest BCUT2D eigenvalue weighted by molar-refractivity contribution is 8.01. The van der Waals surface area contributed by atoms with Gasteiger partial charge >= 0.3 is 6.03 Å². The molecule has 0 spiro atoms. The van der Waals surface area contributed by atoms with Crippen LogP contribution in [-0.4, -0.2) is 40.0 Å². The summed E-state index contributed by atoms with van der Waals surface area (Å²) in [6, 6.07) is 0.0532. The first-order valence-electron chi connectivity index (χ1n) is 6.36. The topological polar surface area (TPSA) is 96.0 Å². The quantitative estimate of drug-likeness (QED) is 0.687. The van der Waals surface area contributed by atoms with Crippen molar-refractivity contribution < 1.29 is 9.59 Å². The number of amides is 3. The number of anilines is 1. The second-order valence-corrected chi connectivity index (χ2v) is 6.96. The Hall–Kier alpha value is -1.35. The molecule has 1 aliphatic carbocycles. The third-order valence-electron chi connectivity index (χ3n) is 2.31. The van der Waals surface area contributed by atoms with E-state index >= 15 is 0 Å². The molecule has 0 saturated heterocycles. The lowest BCUT2D eigenvalue weighted by atomic mass is 10.4. The average Bonchev–Trinajstić information content (AvgIpc) is 3.03. The van der Waals surface area contributed by atoms with Gasteiger partial charge in [-0.1, -0.05) is 23.1 Å². The summed E-state index contributed by atoms with van der Waals surface area (Å²) in [5.41, 5.74) is 0. The van der Waals surface area contributed by atoms with E-state index in [0.29, 0.717) is 10.4 Å². The maximum atomic E-state index is 11.6. The molecule has 1 aliphatic rings. The summed E-state index contributed by atoms with van der Waals surface area (Å²) in [6.45, 7) is 3.66. The number of hydrogen-bond acceptors (Lipinski definition) is 7. The van der Waals surface area contributed by atoms with Crippen LogP contribution in [0.4, 0.5) is 9.93 Å². The smallest absolute Gasteiger partial charge is 0.321 e. The predicted octanol–water partition coefficient (Wildman–Crippen LogP) is 1.44. The molecule has 9 heteroatoms. The SMILES string of the molecule is CC(C)NC(=O)NC(=O)CSc1nnc(NC2CC2)s1. The van der Waals surface area contributed by atoms with E-state index in [-0.39, 0.29) is 17.7 Å². The van der Waals surface area contributed by atoms with Crippen molar-refractivity contribution in [1.29, 1.82) is 0 Å². The van der Waals surface area contributed by atoms with Crippen LogP contribution in [0.25, 0.3) is 0 Å². The molecular formula is C11H17N5O2S2. The highest BCUT2D eigenvalue weighted by atomic mass is 32.2. The summed E-state index contributed by atoms with van der Waals surface area (Å²) >= 11 is 2.69. The van der Waals surface area contributed by atoms with Crippen molar-refractivity contribution in [2.75, 3.05) is 11.1 Å². The van der Waals surface area contributed by atoms with E-state index in [2.05, 4.69) is 26.1 Å². The Kier molecular flexibility index (Phi) is 5.18.